The van der Waals surface area contributed by atoms with Crippen LogP contribution >= 0.6 is 0 Å². The van der Waals surface area contributed by atoms with Crippen LogP contribution in [0, 0.1) is 5.82 Å². The van der Waals surface area contributed by atoms with Gasteiger partial charge in [0.1, 0.15) is 11.9 Å². The topological polar surface area (TPSA) is 75.3 Å². The van der Waals surface area contributed by atoms with E-state index in [-0.39, 0.29) is 12.1 Å². The molecule has 3 aromatic rings. The molecule has 0 bridgehead atoms. The van der Waals surface area contributed by atoms with E-state index in [0.29, 0.717) is 11.6 Å². The molecule has 1 amide bonds. The minimum Gasteiger partial charge on any atom is -0.325 e. The molecule has 3 aromatic carbocycles. The highest BCUT2D eigenvalue weighted by atomic mass is 32.2. The molecule has 0 radical (unpaired) electrons. The number of anilines is 1. The molecule has 1 unspecified atom stereocenters. The summed E-state index contributed by atoms with van der Waals surface area (Å²) in [5.74, 6) is -1.27. The quantitative estimate of drug-likeness (QED) is 0.508. The van der Waals surface area contributed by atoms with Crippen molar-refractivity contribution in [1.29, 1.82) is 0 Å². The van der Waals surface area contributed by atoms with Gasteiger partial charge in [0.15, 0.2) is 0 Å². The van der Waals surface area contributed by atoms with Crippen LogP contribution in [0.1, 0.15) is 11.1 Å². The molecule has 1 atom stereocenters. The van der Waals surface area contributed by atoms with Gasteiger partial charge in [0.25, 0.3) is 0 Å². The summed E-state index contributed by atoms with van der Waals surface area (Å²) in [5.41, 5.74) is -0.276. The summed E-state index contributed by atoms with van der Waals surface area (Å²) < 4.78 is 79.9. The summed E-state index contributed by atoms with van der Waals surface area (Å²) in [6, 6.07) is 15.2. The van der Waals surface area contributed by atoms with Crippen LogP contribution < -0.4 is 10.0 Å². The summed E-state index contributed by atoms with van der Waals surface area (Å²) in [6.45, 7) is 0. The van der Waals surface area contributed by atoms with E-state index in [0.717, 1.165) is 30.3 Å². The first-order valence-corrected chi connectivity index (χ1v) is 10.8. The number of sulfonamides is 1. The van der Waals surface area contributed by atoms with Crippen LogP contribution in [-0.2, 0) is 27.4 Å². The number of carbonyl (C=O) groups excluding carboxylic acids is 1. The minimum absolute atomic E-state index is 0.0634. The van der Waals surface area contributed by atoms with Gasteiger partial charge < -0.3 is 5.32 Å². The highest BCUT2D eigenvalue weighted by molar-refractivity contribution is 7.89. The zero-order valence-corrected chi connectivity index (χ0v) is 17.3. The number of rotatable bonds is 7. The molecule has 0 fully saturated rings. The Balaban J connectivity index is 1.89. The first kappa shape index (κ1) is 23.4. The summed E-state index contributed by atoms with van der Waals surface area (Å²) in [7, 11) is -4.48. The van der Waals surface area contributed by atoms with Crippen molar-refractivity contribution in [3.8, 4) is 0 Å². The van der Waals surface area contributed by atoms with Crippen molar-refractivity contribution >= 4 is 21.6 Å². The molecule has 168 valence electrons. The van der Waals surface area contributed by atoms with E-state index in [1.807, 2.05) is 0 Å². The third kappa shape index (κ3) is 6.14. The number of nitrogens with one attached hydrogen (secondary N) is 2. The summed E-state index contributed by atoms with van der Waals surface area (Å²) in [4.78, 5) is 12.2. The number of benzene rings is 3. The molecule has 0 spiro atoms. The van der Waals surface area contributed by atoms with E-state index in [9.17, 15) is 30.8 Å². The summed E-state index contributed by atoms with van der Waals surface area (Å²) in [5, 5.41) is 2.49. The largest absolute Gasteiger partial charge is 0.416 e. The maximum Gasteiger partial charge on any atom is 0.416 e. The minimum atomic E-state index is -4.73. The number of carbonyl (C=O) groups is 1. The maximum absolute atomic E-state index is 13.1. The average Bonchev–Trinajstić information content (AvgIpc) is 2.75. The molecule has 0 aliphatic heterocycles. The second-order valence-electron chi connectivity index (χ2n) is 6.89. The predicted molar refractivity (Wildman–Crippen MR) is 111 cm³/mol. The SMILES string of the molecule is O=C(Nc1ccc(F)cc1)C(Cc1ccccc1)NS(=O)(=O)c1cccc(C(F)(F)F)c1. The fourth-order valence-corrected chi connectivity index (χ4v) is 4.14. The van der Waals surface area contributed by atoms with E-state index in [2.05, 4.69) is 10.0 Å². The highest BCUT2D eigenvalue weighted by Gasteiger charge is 2.33. The molecule has 10 heteroatoms. The van der Waals surface area contributed by atoms with Crippen molar-refractivity contribution in [3.05, 3.63) is 95.8 Å². The average molecular weight is 466 g/mol. The zero-order chi connectivity index (χ0) is 23.4. The summed E-state index contributed by atoms with van der Waals surface area (Å²) >= 11 is 0. The molecule has 0 aliphatic carbocycles. The van der Waals surface area contributed by atoms with Crippen LogP contribution in [-0.4, -0.2) is 20.4 Å². The van der Waals surface area contributed by atoms with E-state index in [1.54, 1.807) is 30.3 Å². The van der Waals surface area contributed by atoms with Crippen LogP contribution in [0.5, 0.6) is 0 Å². The second-order valence-corrected chi connectivity index (χ2v) is 8.60. The van der Waals surface area contributed by atoms with Crippen LogP contribution in [0.3, 0.4) is 0 Å². The van der Waals surface area contributed by atoms with E-state index in [1.165, 1.54) is 12.1 Å². The van der Waals surface area contributed by atoms with Crippen LogP contribution in [0.25, 0.3) is 0 Å². The van der Waals surface area contributed by atoms with Crippen molar-refractivity contribution in [2.45, 2.75) is 23.5 Å². The third-order valence-electron chi connectivity index (χ3n) is 4.48. The molecule has 0 aliphatic rings. The number of amides is 1. The number of hydrogen-bond acceptors (Lipinski definition) is 3. The molecule has 3 rings (SSSR count). The molecule has 0 aromatic heterocycles. The van der Waals surface area contributed by atoms with Crippen LogP contribution in [0.15, 0.2) is 83.8 Å². The molecule has 0 saturated carbocycles. The van der Waals surface area contributed by atoms with Crippen molar-refractivity contribution in [1.82, 2.24) is 4.72 Å². The lowest BCUT2D eigenvalue weighted by atomic mass is 10.1. The van der Waals surface area contributed by atoms with Gasteiger partial charge in [0, 0.05) is 5.69 Å². The van der Waals surface area contributed by atoms with Crippen LogP contribution in [0.4, 0.5) is 23.2 Å². The maximum atomic E-state index is 13.1. The Hall–Kier alpha value is -3.24. The Bertz CT molecular complexity index is 1180. The van der Waals surface area contributed by atoms with Gasteiger partial charge >= 0.3 is 6.18 Å². The van der Waals surface area contributed by atoms with Gasteiger partial charge in [0.2, 0.25) is 15.9 Å². The lowest BCUT2D eigenvalue weighted by Crippen LogP contribution is -2.45. The van der Waals surface area contributed by atoms with Crippen molar-refractivity contribution in [2.75, 3.05) is 5.32 Å². The Morgan fingerprint density at radius 3 is 2.19 bits per heavy atom. The van der Waals surface area contributed by atoms with Gasteiger partial charge in [0.05, 0.1) is 10.5 Å². The van der Waals surface area contributed by atoms with Gasteiger partial charge in [-0.2, -0.15) is 17.9 Å². The smallest absolute Gasteiger partial charge is 0.325 e. The fraction of sp³-hybridized carbons (Fsp3) is 0.136. The van der Waals surface area contributed by atoms with Crippen LogP contribution in [0.2, 0.25) is 0 Å². The fourth-order valence-electron chi connectivity index (χ4n) is 2.90. The second kappa shape index (κ2) is 9.49. The van der Waals surface area contributed by atoms with Gasteiger partial charge in [-0.1, -0.05) is 36.4 Å². The third-order valence-corrected chi connectivity index (χ3v) is 5.95. The Labute approximate surface area is 182 Å². The number of alkyl halides is 3. The molecular formula is C22H18F4N2O3S. The first-order chi connectivity index (χ1) is 15.0. The number of halogens is 4. The Morgan fingerprint density at radius 1 is 0.906 bits per heavy atom. The molecule has 5 nitrogen and oxygen atoms in total. The molecule has 2 N–H and O–H groups in total. The normalized spacial score (nSPS) is 12.9. The van der Waals surface area contributed by atoms with Crippen molar-refractivity contribution in [3.63, 3.8) is 0 Å². The van der Waals surface area contributed by atoms with Gasteiger partial charge in [-0.15, -0.1) is 0 Å². The Kier molecular flexibility index (Phi) is 6.95. The zero-order valence-electron chi connectivity index (χ0n) is 16.4. The molecular weight excluding hydrogens is 448 g/mol. The van der Waals surface area contributed by atoms with Gasteiger partial charge in [-0.25, -0.2) is 12.8 Å². The Morgan fingerprint density at radius 2 is 1.56 bits per heavy atom. The van der Waals surface area contributed by atoms with Crippen molar-refractivity contribution < 1.29 is 30.8 Å². The molecule has 0 saturated heterocycles. The first-order valence-electron chi connectivity index (χ1n) is 9.34. The van der Waals surface area contributed by atoms with E-state index in [4.69, 9.17) is 0 Å². The molecule has 32 heavy (non-hydrogen) atoms. The lowest BCUT2D eigenvalue weighted by Gasteiger charge is -2.19. The van der Waals surface area contributed by atoms with E-state index >= 15 is 0 Å². The van der Waals surface area contributed by atoms with Crippen molar-refractivity contribution in [2.24, 2.45) is 0 Å². The highest BCUT2D eigenvalue weighted by Crippen LogP contribution is 2.30. The number of hydrogen-bond donors (Lipinski definition) is 2. The lowest BCUT2D eigenvalue weighted by molar-refractivity contribution is -0.137. The summed E-state index contributed by atoms with van der Waals surface area (Å²) in [6.07, 6.45) is -4.79. The van der Waals surface area contributed by atoms with Gasteiger partial charge in [-0.3, -0.25) is 4.79 Å². The van der Waals surface area contributed by atoms with E-state index < -0.39 is 44.4 Å². The standard InChI is InChI=1S/C22H18F4N2O3S/c23-17-9-11-18(12-10-17)27-21(29)20(13-15-5-2-1-3-6-15)28-32(30,31)19-8-4-7-16(14-19)22(24,25)26/h1-12,14,20,28H,13H2,(H,27,29). The monoisotopic (exact) mass is 466 g/mol. The predicted octanol–water partition coefficient (Wildman–Crippen LogP) is 4.37. The van der Waals surface area contributed by atoms with Gasteiger partial charge in [-0.05, 0) is 54.4 Å². The molecule has 0 heterocycles.